The van der Waals surface area contributed by atoms with Gasteiger partial charge in [-0.05, 0) is 55.0 Å². The van der Waals surface area contributed by atoms with Crippen molar-refractivity contribution in [1.29, 1.82) is 0 Å². The van der Waals surface area contributed by atoms with Crippen LogP contribution in [-0.2, 0) is 14.3 Å². The summed E-state index contributed by atoms with van der Waals surface area (Å²) in [5.74, 6) is -0.725. The molecule has 6 heteroatoms. The Hall–Kier alpha value is -2.92. The summed E-state index contributed by atoms with van der Waals surface area (Å²) in [6, 6.07) is 15.2. The molecular formula is C27H28ClNO4. The third-order valence-corrected chi connectivity index (χ3v) is 6.76. The summed E-state index contributed by atoms with van der Waals surface area (Å²) in [5, 5.41) is 0.530. The minimum atomic E-state index is -0.670. The van der Waals surface area contributed by atoms with E-state index in [0.717, 1.165) is 29.0 Å². The van der Waals surface area contributed by atoms with Crippen molar-refractivity contribution < 1.29 is 19.1 Å². The second kappa shape index (κ2) is 9.92. The standard InChI is InChI=1S/C27H28ClNO4/c1-4-13-33-27(31)24-16(2)29-22-14-18(17-9-11-19(32-3)12-10-17)15-23(30)26(22)25(24)20-7-5-6-8-21(20)28/h5-12,18,24-25H,4,13-15H2,1-3H3. The molecule has 0 aromatic heterocycles. The lowest BCUT2D eigenvalue weighted by Gasteiger charge is -2.36. The van der Waals surface area contributed by atoms with E-state index in [1.807, 2.05) is 56.3 Å². The predicted molar refractivity (Wildman–Crippen MR) is 129 cm³/mol. The van der Waals surface area contributed by atoms with Crippen LogP contribution in [0.3, 0.4) is 0 Å². The lowest BCUT2D eigenvalue weighted by Crippen LogP contribution is -2.38. The van der Waals surface area contributed by atoms with Crippen LogP contribution in [0.15, 0.2) is 64.8 Å². The van der Waals surface area contributed by atoms with Gasteiger partial charge in [0, 0.05) is 34.3 Å². The Morgan fingerprint density at radius 3 is 2.52 bits per heavy atom. The van der Waals surface area contributed by atoms with Gasteiger partial charge in [0.05, 0.1) is 13.7 Å². The SMILES string of the molecule is CCCOC(=O)C1C(C)=NC2=C(C(=O)CC(c3ccc(OC)cc3)C2)C1c1ccccc1Cl. The molecule has 0 radical (unpaired) electrons. The normalized spacial score (nSPS) is 22.5. The molecule has 4 rings (SSSR count). The Labute approximate surface area is 199 Å². The number of nitrogens with zero attached hydrogens (tertiary/aromatic N) is 1. The number of hydrogen-bond donors (Lipinski definition) is 0. The van der Waals surface area contributed by atoms with Crippen LogP contribution < -0.4 is 4.74 Å². The van der Waals surface area contributed by atoms with E-state index < -0.39 is 11.8 Å². The Balaban J connectivity index is 1.76. The molecule has 33 heavy (non-hydrogen) atoms. The van der Waals surface area contributed by atoms with Gasteiger partial charge in [0.25, 0.3) is 0 Å². The van der Waals surface area contributed by atoms with Crippen LogP contribution in [0.5, 0.6) is 5.75 Å². The summed E-state index contributed by atoms with van der Waals surface area (Å²) in [4.78, 5) is 31.5. The van der Waals surface area contributed by atoms with Gasteiger partial charge in [-0.1, -0.05) is 48.9 Å². The van der Waals surface area contributed by atoms with Gasteiger partial charge in [-0.25, -0.2) is 0 Å². The van der Waals surface area contributed by atoms with Crippen molar-refractivity contribution in [3.05, 3.63) is 76.0 Å². The number of aliphatic imine (C=N–C) groups is 1. The number of ether oxygens (including phenoxy) is 2. The zero-order valence-corrected chi connectivity index (χ0v) is 19.9. The fourth-order valence-electron chi connectivity index (χ4n) is 4.83. The van der Waals surface area contributed by atoms with Gasteiger partial charge in [-0.3, -0.25) is 14.6 Å². The minimum absolute atomic E-state index is 0.00605. The first-order chi connectivity index (χ1) is 15.9. The maximum Gasteiger partial charge on any atom is 0.315 e. The van der Waals surface area contributed by atoms with Crippen molar-refractivity contribution in [1.82, 2.24) is 0 Å². The summed E-state index contributed by atoms with van der Waals surface area (Å²) in [6.07, 6.45) is 1.71. The van der Waals surface area contributed by atoms with Crippen molar-refractivity contribution in [2.45, 2.75) is 44.9 Å². The number of methoxy groups -OCH3 is 1. The molecule has 0 spiro atoms. The molecule has 1 aliphatic heterocycles. The van der Waals surface area contributed by atoms with E-state index >= 15 is 0 Å². The second-order valence-corrected chi connectivity index (χ2v) is 8.97. The Bertz CT molecular complexity index is 1120. The molecule has 3 unspecified atom stereocenters. The monoisotopic (exact) mass is 465 g/mol. The van der Waals surface area contributed by atoms with Gasteiger partial charge in [0.15, 0.2) is 5.78 Å². The maximum atomic E-state index is 13.6. The highest BCUT2D eigenvalue weighted by atomic mass is 35.5. The molecule has 172 valence electrons. The van der Waals surface area contributed by atoms with E-state index in [-0.39, 0.29) is 17.7 Å². The van der Waals surface area contributed by atoms with Crippen LogP contribution in [0.1, 0.15) is 56.1 Å². The molecule has 1 aliphatic carbocycles. The van der Waals surface area contributed by atoms with Crippen LogP contribution in [0.4, 0.5) is 0 Å². The number of allylic oxidation sites excluding steroid dienone is 2. The fraction of sp³-hybridized carbons (Fsp3) is 0.370. The van der Waals surface area contributed by atoms with E-state index in [1.54, 1.807) is 13.2 Å². The van der Waals surface area contributed by atoms with Crippen molar-refractivity contribution in [2.24, 2.45) is 10.9 Å². The number of benzene rings is 2. The Kier molecular flexibility index (Phi) is 6.99. The topological polar surface area (TPSA) is 65.0 Å². The van der Waals surface area contributed by atoms with Gasteiger partial charge >= 0.3 is 5.97 Å². The minimum Gasteiger partial charge on any atom is -0.497 e. The average Bonchev–Trinajstić information content (AvgIpc) is 2.82. The van der Waals surface area contributed by atoms with E-state index in [9.17, 15) is 9.59 Å². The van der Waals surface area contributed by atoms with Crippen molar-refractivity contribution in [3.8, 4) is 5.75 Å². The number of hydrogen-bond acceptors (Lipinski definition) is 5. The highest BCUT2D eigenvalue weighted by Gasteiger charge is 2.45. The van der Waals surface area contributed by atoms with Crippen LogP contribution in [0.25, 0.3) is 0 Å². The van der Waals surface area contributed by atoms with Crippen molar-refractivity contribution >= 4 is 29.1 Å². The summed E-state index contributed by atoms with van der Waals surface area (Å²) in [5.41, 5.74) is 3.83. The zero-order chi connectivity index (χ0) is 23.5. The molecule has 2 aromatic rings. The van der Waals surface area contributed by atoms with Gasteiger partial charge < -0.3 is 9.47 Å². The maximum absolute atomic E-state index is 13.6. The molecule has 0 saturated heterocycles. The fourth-order valence-corrected chi connectivity index (χ4v) is 5.09. The van der Waals surface area contributed by atoms with Gasteiger partial charge in [-0.15, -0.1) is 0 Å². The Morgan fingerprint density at radius 2 is 1.85 bits per heavy atom. The van der Waals surface area contributed by atoms with Crippen molar-refractivity contribution in [3.63, 3.8) is 0 Å². The third kappa shape index (κ3) is 4.60. The smallest absolute Gasteiger partial charge is 0.315 e. The first kappa shape index (κ1) is 23.2. The molecule has 0 fully saturated rings. The molecule has 0 saturated carbocycles. The van der Waals surface area contributed by atoms with Crippen LogP contribution in [0.2, 0.25) is 5.02 Å². The average molecular weight is 466 g/mol. The molecule has 0 bridgehead atoms. The highest BCUT2D eigenvalue weighted by Crippen LogP contribution is 2.48. The van der Waals surface area contributed by atoms with Gasteiger partial charge in [-0.2, -0.15) is 0 Å². The summed E-state index contributed by atoms with van der Waals surface area (Å²) >= 11 is 6.57. The summed E-state index contributed by atoms with van der Waals surface area (Å²) < 4.78 is 10.8. The first-order valence-electron chi connectivity index (χ1n) is 11.3. The molecule has 0 N–H and O–H groups in total. The zero-order valence-electron chi connectivity index (χ0n) is 19.1. The van der Waals surface area contributed by atoms with E-state index in [1.165, 1.54) is 0 Å². The molecule has 5 nitrogen and oxygen atoms in total. The molecule has 3 atom stereocenters. The molecule has 2 aromatic carbocycles. The predicted octanol–water partition coefficient (Wildman–Crippen LogP) is 5.88. The van der Waals surface area contributed by atoms with E-state index in [2.05, 4.69) is 0 Å². The molecule has 0 amide bonds. The van der Waals surface area contributed by atoms with E-state index in [0.29, 0.717) is 35.8 Å². The largest absolute Gasteiger partial charge is 0.497 e. The number of rotatable bonds is 6. The molecule has 1 heterocycles. The van der Waals surface area contributed by atoms with Crippen LogP contribution >= 0.6 is 11.6 Å². The van der Waals surface area contributed by atoms with Crippen LogP contribution in [-0.4, -0.2) is 31.2 Å². The highest BCUT2D eigenvalue weighted by molar-refractivity contribution is 6.31. The number of ketones is 1. The summed E-state index contributed by atoms with van der Waals surface area (Å²) in [6.45, 7) is 4.12. The number of carbonyl (C=O) groups excluding carboxylic acids is 2. The third-order valence-electron chi connectivity index (χ3n) is 6.42. The van der Waals surface area contributed by atoms with Gasteiger partial charge in [0.1, 0.15) is 11.7 Å². The first-order valence-corrected chi connectivity index (χ1v) is 11.7. The number of halogens is 1. The lowest BCUT2D eigenvalue weighted by molar-refractivity contribution is -0.146. The van der Waals surface area contributed by atoms with Crippen molar-refractivity contribution in [2.75, 3.05) is 13.7 Å². The Morgan fingerprint density at radius 1 is 1.12 bits per heavy atom. The number of esters is 1. The van der Waals surface area contributed by atoms with Crippen LogP contribution in [0, 0.1) is 5.92 Å². The van der Waals surface area contributed by atoms with E-state index in [4.69, 9.17) is 26.1 Å². The number of Topliss-reactive ketones (excluding diaryl/α,β-unsaturated/α-hetero) is 1. The van der Waals surface area contributed by atoms with Gasteiger partial charge in [0.2, 0.25) is 0 Å². The lowest BCUT2D eigenvalue weighted by atomic mass is 9.69. The number of carbonyl (C=O) groups is 2. The summed E-state index contributed by atoms with van der Waals surface area (Å²) in [7, 11) is 1.63. The molecule has 2 aliphatic rings. The second-order valence-electron chi connectivity index (χ2n) is 8.56. The molecular weight excluding hydrogens is 438 g/mol. The quantitative estimate of drug-likeness (QED) is 0.500.